The maximum Gasteiger partial charge on any atom is 0.255 e. The summed E-state index contributed by atoms with van der Waals surface area (Å²) in [7, 11) is 0. The van der Waals surface area contributed by atoms with Gasteiger partial charge in [-0.15, -0.1) is 10.2 Å². The standard InChI is InChI=1S/C24H22N4OS/c1-2-28-22(19-9-5-3-6-10-19)26-27-24(28)30-17-18-13-15-20(16-14-18)23(29)25-21-11-7-4-8-12-21/h3-16H,2,17H2,1H3,(H,25,29). The van der Waals surface area contributed by atoms with Gasteiger partial charge in [-0.2, -0.15) is 0 Å². The quantitative estimate of drug-likeness (QED) is 0.405. The van der Waals surface area contributed by atoms with Gasteiger partial charge in [0.25, 0.3) is 5.91 Å². The summed E-state index contributed by atoms with van der Waals surface area (Å²) < 4.78 is 2.13. The molecular formula is C24H22N4OS. The number of carbonyl (C=O) groups is 1. The van der Waals surface area contributed by atoms with Gasteiger partial charge in [0.1, 0.15) is 0 Å². The Balaban J connectivity index is 1.41. The molecule has 0 saturated carbocycles. The van der Waals surface area contributed by atoms with E-state index in [2.05, 4.69) is 27.0 Å². The maximum absolute atomic E-state index is 12.4. The van der Waals surface area contributed by atoms with Crippen molar-refractivity contribution in [2.45, 2.75) is 24.4 Å². The van der Waals surface area contributed by atoms with Crippen LogP contribution in [0, 0.1) is 0 Å². The zero-order chi connectivity index (χ0) is 20.8. The third-order valence-corrected chi connectivity index (χ3v) is 5.72. The van der Waals surface area contributed by atoms with E-state index in [9.17, 15) is 4.79 Å². The second-order valence-corrected chi connectivity index (χ2v) is 7.66. The molecule has 0 saturated heterocycles. The molecule has 1 heterocycles. The smallest absolute Gasteiger partial charge is 0.255 e. The lowest BCUT2D eigenvalue weighted by atomic mass is 10.1. The molecule has 0 aliphatic heterocycles. The highest BCUT2D eigenvalue weighted by atomic mass is 32.2. The summed E-state index contributed by atoms with van der Waals surface area (Å²) in [4.78, 5) is 12.4. The first-order valence-corrected chi connectivity index (χ1v) is 10.8. The lowest BCUT2D eigenvalue weighted by Crippen LogP contribution is -2.11. The Hall–Kier alpha value is -3.38. The first kappa shape index (κ1) is 19.9. The second-order valence-electron chi connectivity index (χ2n) is 6.72. The maximum atomic E-state index is 12.4. The Labute approximate surface area is 180 Å². The molecule has 0 radical (unpaired) electrons. The van der Waals surface area contributed by atoms with E-state index in [1.54, 1.807) is 11.8 Å². The normalized spacial score (nSPS) is 10.7. The molecule has 30 heavy (non-hydrogen) atoms. The molecule has 0 bridgehead atoms. The number of amides is 1. The van der Waals surface area contributed by atoms with Crippen LogP contribution >= 0.6 is 11.8 Å². The highest BCUT2D eigenvalue weighted by Gasteiger charge is 2.13. The second kappa shape index (κ2) is 9.41. The molecule has 4 aromatic rings. The lowest BCUT2D eigenvalue weighted by Gasteiger charge is -2.08. The van der Waals surface area contributed by atoms with E-state index in [1.807, 2.05) is 84.9 Å². The molecule has 3 aromatic carbocycles. The van der Waals surface area contributed by atoms with E-state index in [1.165, 1.54) is 0 Å². The molecule has 1 aromatic heterocycles. The lowest BCUT2D eigenvalue weighted by molar-refractivity contribution is 0.102. The number of aromatic nitrogens is 3. The van der Waals surface area contributed by atoms with E-state index in [0.717, 1.165) is 40.1 Å². The summed E-state index contributed by atoms with van der Waals surface area (Å²) in [6, 6.07) is 27.2. The van der Waals surface area contributed by atoms with Crippen molar-refractivity contribution in [3.63, 3.8) is 0 Å². The number of anilines is 1. The number of nitrogens with zero attached hydrogens (tertiary/aromatic N) is 3. The first-order chi connectivity index (χ1) is 14.7. The number of thioether (sulfide) groups is 1. The van der Waals surface area contributed by atoms with E-state index in [-0.39, 0.29) is 5.91 Å². The number of carbonyl (C=O) groups excluding carboxylic acids is 1. The van der Waals surface area contributed by atoms with Gasteiger partial charge in [-0.05, 0) is 36.8 Å². The predicted molar refractivity (Wildman–Crippen MR) is 122 cm³/mol. The Morgan fingerprint density at radius 2 is 1.57 bits per heavy atom. The van der Waals surface area contributed by atoms with Crippen molar-refractivity contribution in [1.29, 1.82) is 0 Å². The van der Waals surface area contributed by atoms with Crippen LogP contribution in [0.2, 0.25) is 0 Å². The molecule has 0 unspecified atom stereocenters. The number of para-hydroxylation sites is 1. The molecule has 0 atom stereocenters. The molecule has 0 aliphatic carbocycles. The fraction of sp³-hybridized carbons (Fsp3) is 0.125. The third-order valence-electron chi connectivity index (χ3n) is 4.68. The molecule has 1 amide bonds. The molecule has 4 rings (SSSR count). The van der Waals surface area contributed by atoms with Gasteiger partial charge >= 0.3 is 0 Å². The van der Waals surface area contributed by atoms with Crippen LogP contribution < -0.4 is 5.32 Å². The van der Waals surface area contributed by atoms with Crippen molar-refractivity contribution in [3.8, 4) is 11.4 Å². The van der Waals surface area contributed by atoms with Crippen LogP contribution in [-0.4, -0.2) is 20.7 Å². The molecule has 5 nitrogen and oxygen atoms in total. The van der Waals surface area contributed by atoms with Crippen LogP contribution in [0.15, 0.2) is 90.1 Å². The van der Waals surface area contributed by atoms with Crippen molar-refractivity contribution < 1.29 is 4.79 Å². The van der Waals surface area contributed by atoms with Crippen LogP contribution in [-0.2, 0) is 12.3 Å². The van der Waals surface area contributed by atoms with E-state index < -0.39 is 0 Å². The van der Waals surface area contributed by atoms with Crippen molar-refractivity contribution in [2.75, 3.05) is 5.32 Å². The van der Waals surface area contributed by atoms with E-state index in [0.29, 0.717) is 5.56 Å². The molecule has 1 N–H and O–H groups in total. The van der Waals surface area contributed by atoms with Crippen molar-refractivity contribution in [3.05, 3.63) is 96.1 Å². The van der Waals surface area contributed by atoms with Crippen LogP contribution in [0.1, 0.15) is 22.8 Å². The summed E-state index contributed by atoms with van der Waals surface area (Å²) >= 11 is 1.65. The van der Waals surface area contributed by atoms with Crippen LogP contribution in [0.4, 0.5) is 5.69 Å². The van der Waals surface area contributed by atoms with Gasteiger partial charge in [-0.25, -0.2) is 0 Å². The highest BCUT2D eigenvalue weighted by molar-refractivity contribution is 7.98. The molecule has 6 heteroatoms. The van der Waals surface area contributed by atoms with Gasteiger partial charge in [0.2, 0.25) is 0 Å². The minimum atomic E-state index is -0.112. The fourth-order valence-electron chi connectivity index (χ4n) is 3.11. The monoisotopic (exact) mass is 414 g/mol. The average Bonchev–Trinajstić information content (AvgIpc) is 3.22. The summed E-state index contributed by atoms with van der Waals surface area (Å²) in [6.07, 6.45) is 0. The van der Waals surface area contributed by atoms with Gasteiger partial charge in [0.15, 0.2) is 11.0 Å². The Bertz CT molecular complexity index is 1110. The van der Waals surface area contributed by atoms with Crippen molar-refractivity contribution in [1.82, 2.24) is 14.8 Å². The molecular weight excluding hydrogens is 392 g/mol. The van der Waals surface area contributed by atoms with Crippen LogP contribution in [0.5, 0.6) is 0 Å². The third kappa shape index (κ3) is 4.60. The van der Waals surface area contributed by atoms with Crippen LogP contribution in [0.25, 0.3) is 11.4 Å². The first-order valence-electron chi connectivity index (χ1n) is 9.81. The van der Waals surface area contributed by atoms with Crippen molar-refractivity contribution >= 4 is 23.4 Å². The zero-order valence-corrected chi connectivity index (χ0v) is 17.5. The van der Waals surface area contributed by atoms with Crippen LogP contribution in [0.3, 0.4) is 0 Å². The Morgan fingerprint density at radius 3 is 2.23 bits per heavy atom. The number of benzene rings is 3. The molecule has 0 spiro atoms. The molecule has 0 fully saturated rings. The summed E-state index contributed by atoms with van der Waals surface area (Å²) in [5.41, 5.74) is 3.61. The molecule has 150 valence electrons. The fourth-order valence-corrected chi connectivity index (χ4v) is 4.06. The topological polar surface area (TPSA) is 59.8 Å². The zero-order valence-electron chi connectivity index (χ0n) is 16.7. The number of hydrogen-bond acceptors (Lipinski definition) is 4. The molecule has 0 aliphatic rings. The number of rotatable bonds is 7. The van der Waals surface area contributed by atoms with Crippen molar-refractivity contribution in [2.24, 2.45) is 0 Å². The van der Waals surface area contributed by atoms with Gasteiger partial charge in [-0.3, -0.25) is 4.79 Å². The van der Waals surface area contributed by atoms with Gasteiger partial charge in [-0.1, -0.05) is 72.4 Å². The number of nitrogens with one attached hydrogen (secondary N) is 1. The number of hydrogen-bond donors (Lipinski definition) is 1. The average molecular weight is 415 g/mol. The predicted octanol–water partition coefficient (Wildman–Crippen LogP) is 5.51. The minimum Gasteiger partial charge on any atom is -0.322 e. The van der Waals surface area contributed by atoms with Gasteiger partial charge < -0.3 is 9.88 Å². The summed E-state index contributed by atoms with van der Waals surface area (Å²) in [5, 5.41) is 12.6. The summed E-state index contributed by atoms with van der Waals surface area (Å²) in [5.74, 6) is 1.53. The minimum absolute atomic E-state index is 0.112. The van der Waals surface area contributed by atoms with E-state index in [4.69, 9.17) is 0 Å². The summed E-state index contributed by atoms with van der Waals surface area (Å²) in [6.45, 7) is 2.90. The van der Waals surface area contributed by atoms with Gasteiger partial charge in [0.05, 0.1) is 0 Å². The largest absolute Gasteiger partial charge is 0.322 e. The van der Waals surface area contributed by atoms with Gasteiger partial charge in [0, 0.05) is 29.1 Å². The highest BCUT2D eigenvalue weighted by Crippen LogP contribution is 2.26. The Morgan fingerprint density at radius 1 is 0.900 bits per heavy atom. The SMILES string of the molecule is CCn1c(SCc2ccc(C(=O)Nc3ccccc3)cc2)nnc1-c1ccccc1. The Kier molecular flexibility index (Phi) is 6.25. The van der Waals surface area contributed by atoms with E-state index >= 15 is 0 Å².